The van der Waals surface area contributed by atoms with Crippen molar-refractivity contribution in [3.8, 4) is 0 Å². The first-order valence-electron chi connectivity index (χ1n) is 7.42. The molecule has 24 heavy (non-hydrogen) atoms. The molecule has 1 atom stereocenters. The first-order chi connectivity index (χ1) is 11.4. The molecule has 0 aliphatic heterocycles. The average molecular weight is 386 g/mol. The molecule has 2 rings (SSSR count). The van der Waals surface area contributed by atoms with Gasteiger partial charge < -0.3 is 10.3 Å². The monoisotopic (exact) mass is 385 g/mol. The summed E-state index contributed by atoms with van der Waals surface area (Å²) in [6, 6.07) is 6.50. The van der Waals surface area contributed by atoms with E-state index in [9.17, 15) is 9.59 Å². The van der Waals surface area contributed by atoms with Gasteiger partial charge in [0, 0.05) is 11.8 Å². The molecule has 0 spiro atoms. The minimum atomic E-state index is -0.472. The number of rotatable bonds is 6. The van der Waals surface area contributed by atoms with E-state index in [0.29, 0.717) is 26.6 Å². The lowest BCUT2D eigenvalue weighted by Crippen LogP contribution is -2.23. The molecule has 5 nitrogen and oxygen atoms in total. The van der Waals surface area contributed by atoms with Gasteiger partial charge in [-0.25, -0.2) is 4.98 Å². The lowest BCUT2D eigenvalue weighted by atomic mass is 10.2. The van der Waals surface area contributed by atoms with Gasteiger partial charge in [-0.15, -0.1) is 0 Å². The van der Waals surface area contributed by atoms with Gasteiger partial charge >= 0.3 is 0 Å². The summed E-state index contributed by atoms with van der Waals surface area (Å²) in [5.74, 6) is -0.257. The number of aryl methyl sites for hydroxylation is 1. The quantitative estimate of drug-likeness (QED) is 0.578. The second-order valence-corrected chi connectivity index (χ2v) is 7.26. The van der Waals surface area contributed by atoms with Gasteiger partial charge in [-0.05, 0) is 25.5 Å². The van der Waals surface area contributed by atoms with Crippen LogP contribution in [0.4, 0.5) is 5.69 Å². The number of carbonyl (C=O) groups excluding carboxylic acids is 1. The second-order valence-electron chi connectivity index (χ2n) is 5.14. The van der Waals surface area contributed by atoms with Gasteiger partial charge in [0.05, 0.1) is 21.0 Å². The Hall–Kier alpha value is -1.50. The van der Waals surface area contributed by atoms with Crippen LogP contribution in [0.3, 0.4) is 0 Å². The summed E-state index contributed by atoms with van der Waals surface area (Å²) < 4.78 is 0. The van der Waals surface area contributed by atoms with Gasteiger partial charge in [-0.3, -0.25) is 9.59 Å². The predicted octanol–water partition coefficient (Wildman–Crippen LogP) is 4.15. The van der Waals surface area contributed by atoms with E-state index in [2.05, 4.69) is 15.3 Å². The van der Waals surface area contributed by atoms with Gasteiger partial charge in [0.1, 0.15) is 0 Å². The fourth-order valence-electron chi connectivity index (χ4n) is 1.98. The van der Waals surface area contributed by atoms with Crippen LogP contribution >= 0.6 is 35.0 Å². The maximum Gasteiger partial charge on any atom is 0.251 e. The Morgan fingerprint density at radius 3 is 2.88 bits per heavy atom. The Morgan fingerprint density at radius 1 is 1.42 bits per heavy atom. The topological polar surface area (TPSA) is 74.8 Å². The number of hydrogen-bond donors (Lipinski definition) is 2. The summed E-state index contributed by atoms with van der Waals surface area (Å²) in [6.45, 7) is 3.74. The number of aromatic amines is 1. The molecular formula is C16H17Cl2N3O2S. The zero-order valence-electron chi connectivity index (χ0n) is 13.2. The summed E-state index contributed by atoms with van der Waals surface area (Å²) in [5, 5.41) is 3.34. The van der Waals surface area contributed by atoms with Crippen molar-refractivity contribution in [3.63, 3.8) is 0 Å². The van der Waals surface area contributed by atoms with Crippen molar-refractivity contribution in [1.29, 1.82) is 0 Å². The van der Waals surface area contributed by atoms with Crippen LogP contribution in [0.5, 0.6) is 0 Å². The van der Waals surface area contributed by atoms with E-state index in [1.165, 1.54) is 17.8 Å². The molecule has 2 aromatic rings. The van der Waals surface area contributed by atoms with Crippen LogP contribution in [0, 0.1) is 0 Å². The van der Waals surface area contributed by atoms with E-state index in [1.807, 2.05) is 6.92 Å². The molecule has 0 fully saturated rings. The van der Waals surface area contributed by atoms with E-state index in [0.717, 1.165) is 12.8 Å². The van der Waals surface area contributed by atoms with Crippen molar-refractivity contribution in [2.75, 3.05) is 5.32 Å². The molecule has 0 radical (unpaired) electrons. The molecule has 0 saturated carbocycles. The standard InChI is InChI=1S/C16H17Cl2N3O2S/c1-3-5-10-8-13(22)21-16(19-10)24-9(2)15(23)20-12-7-4-6-11(17)14(12)18/h4,6-9H,3,5H2,1-2H3,(H,20,23)(H,19,21,22)/t9-/m0/s1. The molecule has 1 amide bonds. The summed E-state index contributed by atoms with van der Waals surface area (Å²) in [5.41, 5.74) is 0.943. The van der Waals surface area contributed by atoms with Crippen molar-refractivity contribution in [1.82, 2.24) is 9.97 Å². The Labute approximate surface area is 154 Å². The lowest BCUT2D eigenvalue weighted by molar-refractivity contribution is -0.115. The number of benzene rings is 1. The van der Waals surface area contributed by atoms with Crippen LogP contribution in [0.15, 0.2) is 34.2 Å². The molecular weight excluding hydrogens is 369 g/mol. The molecule has 0 unspecified atom stereocenters. The highest BCUT2D eigenvalue weighted by Gasteiger charge is 2.18. The number of hydrogen-bond acceptors (Lipinski definition) is 4. The molecule has 8 heteroatoms. The Kier molecular flexibility index (Phi) is 6.71. The van der Waals surface area contributed by atoms with Crippen LogP contribution in [-0.4, -0.2) is 21.1 Å². The van der Waals surface area contributed by atoms with Crippen molar-refractivity contribution in [3.05, 3.63) is 50.4 Å². The zero-order chi connectivity index (χ0) is 17.7. The molecule has 0 saturated heterocycles. The SMILES string of the molecule is CCCc1cc(=O)[nH]c(S[C@@H](C)C(=O)Nc2cccc(Cl)c2Cl)n1. The smallest absolute Gasteiger partial charge is 0.251 e. The highest BCUT2D eigenvalue weighted by atomic mass is 35.5. The van der Waals surface area contributed by atoms with Crippen molar-refractivity contribution in [2.24, 2.45) is 0 Å². The van der Waals surface area contributed by atoms with E-state index >= 15 is 0 Å². The fourth-order valence-corrected chi connectivity index (χ4v) is 3.16. The normalized spacial score (nSPS) is 12.0. The molecule has 0 aliphatic carbocycles. The van der Waals surface area contributed by atoms with E-state index in [1.54, 1.807) is 25.1 Å². The van der Waals surface area contributed by atoms with Gasteiger partial charge in [0.15, 0.2) is 5.16 Å². The molecule has 1 aromatic heterocycles. The summed E-state index contributed by atoms with van der Waals surface area (Å²) >= 11 is 13.2. The zero-order valence-corrected chi connectivity index (χ0v) is 15.6. The molecule has 128 valence electrons. The number of nitrogens with zero attached hydrogens (tertiary/aromatic N) is 1. The Bertz CT molecular complexity index is 795. The number of anilines is 1. The number of halogens is 2. The van der Waals surface area contributed by atoms with Crippen LogP contribution in [0.25, 0.3) is 0 Å². The molecule has 0 bridgehead atoms. The first kappa shape index (κ1) is 18.8. The fraction of sp³-hybridized carbons (Fsp3) is 0.312. The van der Waals surface area contributed by atoms with E-state index < -0.39 is 5.25 Å². The number of amides is 1. The highest BCUT2D eigenvalue weighted by molar-refractivity contribution is 8.00. The summed E-state index contributed by atoms with van der Waals surface area (Å²) in [7, 11) is 0. The minimum Gasteiger partial charge on any atom is -0.324 e. The van der Waals surface area contributed by atoms with Crippen LogP contribution < -0.4 is 10.9 Å². The number of thioether (sulfide) groups is 1. The third-order valence-electron chi connectivity index (χ3n) is 3.15. The van der Waals surface area contributed by atoms with Crippen LogP contribution in [0.2, 0.25) is 10.0 Å². The maximum atomic E-state index is 12.3. The molecule has 0 aliphatic rings. The summed E-state index contributed by atoms with van der Waals surface area (Å²) in [6.07, 6.45) is 1.61. The third kappa shape index (κ3) is 5.00. The number of H-pyrrole nitrogens is 1. The number of carbonyl (C=O) groups is 1. The molecule has 1 aromatic carbocycles. The molecule has 2 N–H and O–H groups in total. The molecule has 1 heterocycles. The maximum absolute atomic E-state index is 12.3. The second kappa shape index (κ2) is 8.55. The largest absolute Gasteiger partial charge is 0.324 e. The summed E-state index contributed by atoms with van der Waals surface area (Å²) in [4.78, 5) is 31.0. The van der Waals surface area contributed by atoms with Crippen LogP contribution in [-0.2, 0) is 11.2 Å². The average Bonchev–Trinajstić information content (AvgIpc) is 2.51. The number of aromatic nitrogens is 2. The Morgan fingerprint density at radius 2 is 2.17 bits per heavy atom. The van der Waals surface area contributed by atoms with Gasteiger partial charge in [0.2, 0.25) is 5.91 Å². The predicted molar refractivity (Wildman–Crippen MR) is 99.3 cm³/mol. The van der Waals surface area contributed by atoms with Crippen molar-refractivity contribution >= 4 is 46.6 Å². The van der Waals surface area contributed by atoms with E-state index in [-0.39, 0.29) is 11.5 Å². The van der Waals surface area contributed by atoms with Crippen LogP contribution in [0.1, 0.15) is 26.0 Å². The third-order valence-corrected chi connectivity index (χ3v) is 4.95. The van der Waals surface area contributed by atoms with Crippen molar-refractivity contribution < 1.29 is 4.79 Å². The minimum absolute atomic E-state index is 0.221. The van der Waals surface area contributed by atoms with Gasteiger partial charge in [0.25, 0.3) is 5.56 Å². The Balaban J connectivity index is 2.09. The highest BCUT2D eigenvalue weighted by Crippen LogP contribution is 2.30. The number of nitrogens with one attached hydrogen (secondary N) is 2. The van der Waals surface area contributed by atoms with Gasteiger partial charge in [-0.2, -0.15) is 0 Å². The van der Waals surface area contributed by atoms with Crippen molar-refractivity contribution in [2.45, 2.75) is 37.1 Å². The lowest BCUT2D eigenvalue weighted by Gasteiger charge is -2.13. The van der Waals surface area contributed by atoms with E-state index in [4.69, 9.17) is 23.2 Å². The van der Waals surface area contributed by atoms with Gasteiger partial charge in [-0.1, -0.05) is 54.4 Å². The first-order valence-corrected chi connectivity index (χ1v) is 9.06.